The molecule has 154 valence electrons. The lowest BCUT2D eigenvalue weighted by atomic mass is 9.70. The van der Waals surface area contributed by atoms with Crippen LogP contribution in [0.15, 0.2) is 70.8 Å². The maximum Gasteiger partial charge on any atom is 0.228 e. The van der Waals surface area contributed by atoms with Crippen molar-refractivity contribution in [1.82, 2.24) is 19.6 Å². The number of ketones is 1. The van der Waals surface area contributed by atoms with Crippen molar-refractivity contribution < 1.29 is 13.9 Å². The van der Waals surface area contributed by atoms with Crippen LogP contribution < -0.4 is 4.74 Å². The van der Waals surface area contributed by atoms with E-state index >= 15 is 0 Å². The summed E-state index contributed by atoms with van der Waals surface area (Å²) < 4.78 is 13.3. The zero-order valence-electron chi connectivity index (χ0n) is 17.2. The molecule has 7 nitrogen and oxygen atoms in total. The number of carbonyl (C=O) groups excluding carboxylic acids is 1. The Kier molecular flexibility index (Phi) is 3.72. The summed E-state index contributed by atoms with van der Waals surface area (Å²) >= 11 is 0. The topological polar surface area (TPSA) is 82.5 Å². The zero-order valence-corrected chi connectivity index (χ0v) is 17.2. The molecule has 4 heterocycles. The number of allylic oxidation sites excluding steroid dienone is 2. The molecule has 0 saturated carbocycles. The Labute approximate surface area is 178 Å². The van der Waals surface area contributed by atoms with E-state index in [0.29, 0.717) is 47.3 Å². The highest BCUT2D eigenvalue weighted by molar-refractivity contribution is 6.00. The molecule has 3 aromatic heterocycles. The summed E-state index contributed by atoms with van der Waals surface area (Å²) in [6.07, 6.45) is 4.35. The van der Waals surface area contributed by atoms with Gasteiger partial charge < -0.3 is 9.15 Å². The molecule has 1 aliphatic carbocycles. The van der Waals surface area contributed by atoms with Gasteiger partial charge in [-0.25, -0.2) is 14.5 Å². The second kappa shape index (κ2) is 6.38. The highest BCUT2D eigenvalue weighted by atomic mass is 16.5. The summed E-state index contributed by atoms with van der Waals surface area (Å²) in [4.78, 5) is 22.6. The van der Waals surface area contributed by atoms with Crippen LogP contribution in [0.2, 0.25) is 0 Å². The van der Waals surface area contributed by atoms with Gasteiger partial charge in [0.25, 0.3) is 0 Å². The van der Waals surface area contributed by atoms with E-state index in [0.717, 1.165) is 11.1 Å². The van der Waals surface area contributed by atoms with Gasteiger partial charge in [-0.3, -0.25) is 4.79 Å². The van der Waals surface area contributed by atoms with Gasteiger partial charge in [0.15, 0.2) is 17.2 Å². The molecule has 0 amide bonds. The number of Topliss-reactive ketones (excluding diaryl/α,β-unsaturated/α-hetero) is 1. The summed E-state index contributed by atoms with van der Waals surface area (Å²) in [6, 6.07) is 13.6. The third-order valence-corrected chi connectivity index (χ3v) is 5.94. The lowest BCUT2D eigenvalue weighted by Crippen LogP contribution is -2.33. The minimum absolute atomic E-state index is 0.110. The fourth-order valence-electron chi connectivity index (χ4n) is 4.63. The van der Waals surface area contributed by atoms with Crippen LogP contribution in [0.5, 0.6) is 5.88 Å². The third kappa shape index (κ3) is 2.80. The van der Waals surface area contributed by atoms with Gasteiger partial charge in [0.1, 0.15) is 12.1 Å². The summed E-state index contributed by atoms with van der Waals surface area (Å²) in [5.41, 5.74) is 2.92. The number of ether oxygens (including phenoxy) is 1. The summed E-state index contributed by atoms with van der Waals surface area (Å²) in [6.45, 7) is 4.19. The molecule has 0 radical (unpaired) electrons. The molecule has 0 fully saturated rings. The molecule has 0 bridgehead atoms. The number of fused-ring (bicyclic) bond motifs is 3. The lowest BCUT2D eigenvalue weighted by Gasteiger charge is -2.37. The van der Waals surface area contributed by atoms with E-state index in [9.17, 15) is 4.79 Å². The fourth-order valence-corrected chi connectivity index (χ4v) is 4.63. The molecule has 0 unspecified atom stereocenters. The Morgan fingerprint density at radius 1 is 1.10 bits per heavy atom. The number of benzene rings is 1. The molecule has 0 saturated heterocycles. The van der Waals surface area contributed by atoms with Gasteiger partial charge >= 0.3 is 0 Å². The number of hydrogen-bond acceptors (Lipinski definition) is 6. The molecule has 1 aromatic carbocycles. The van der Waals surface area contributed by atoms with Gasteiger partial charge in [-0.15, -0.1) is 5.10 Å². The first-order chi connectivity index (χ1) is 15.0. The Balaban J connectivity index is 1.62. The van der Waals surface area contributed by atoms with Crippen LogP contribution in [-0.4, -0.2) is 25.4 Å². The van der Waals surface area contributed by atoms with Gasteiger partial charge in [0, 0.05) is 24.3 Å². The molecule has 4 aromatic rings. The van der Waals surface area contributed by atoms with Crippen LogP contribution in [0.3, 0.4) is 0 Å². The molecular formula is C24H20N4O3. The maximum atomic E-state index is 13.3. The number of hydrogen-bond donors (Lipinski definition) is 0. The van der Waals surface area contributed by atoms with Crippen LogP contribution in [0.1, 0.15) is 43.7 Å². The highest BCUT2D eigenvalue weighted by Gasteiger charge is 2.43. The number of carbonyl (C=O) groups is 1. The molecule has 7 heteroatoms. The van der Waals surface area contributed by atoms with Crippen molar-refractivity contribution in [2.45, 2.75) is 32.6 Å². The molecule has 0 spiro atoms. The van der Waals surface area contributed by atoms with Crippen molar-refractivity contribution in [2.75, 3.05) is 0 Å². The van der Waals surface area contributed by atoms with Crippen molar-refractivity contribution in [1.29, 1.82) is 0 Å². The van der Waals surface area contributed by atoms with Crippen molar-refractivity contribution in [2.24, 2.45) is 5.41 Å². The SMILES string of the molecule is CC1(C)CC(=O)C2=C(C1)Oc1ncn3nc(-c4ccco4)nc3c1[C@@H]2c1ccccc1. The first kappa shape index (κ1) is 18.1. The van der Waals surface area contributed by atoms with Crippen LogP contribution in [-0.2, 0) is 4.79 Å². The van der Waals surface area contributed by atoms with E-state index in [-0.39, 0.29) is 17.1 Å². The normalized spacial score (nSPS) is 19.8. The molecular weight excluding hydrogens is 392 g/mol. The molecule has 6 rings (SSSR count). The van der Waals surface area contributed by atoms with Crippen molar-refractivity contribution in [3.05, 3.63) is 77.5 Å². The number of nitrogens with zero attached hydrogens (tertiary/aromatic N) is 4. The van der Waals surface area contributed by atoms with E-state index in [2.05, 4.69) is 23.9 Å². The summed E-state index contributed by atoms with van der Waals surface area (Å²) in [5, 5.41) is 4.53. The van der Waals surface area contributed by atoms with E-state index in [1.54, 1.807) is 23.2 Å². The quantitative estimate of drug-likeness (QED) is 0.480. The zero-order chi connectivity index (χ0) is 21.2. The Morgan fingerprint density at radius 3 is 2.71 bits per heavy atom. The van der Waals surface area contributed by atoms with Gasteiger partial charge in [-0.1, -0.05) is 44.2 Å². The predicted octanol–water partition coefficient (Wildman–Crippen LogP) is 4.55. The standard InChI is InChI=1S/C24H20N4O3/c1-24(2)11-15(29)19-17(12-24)31-23-20(18(19)14-7-4-3-5-8-14)22-26-21(16-9-6-10-30-16)27-28(22)13-25-23/h3-10,13,18H,11-12H2,1-2H3/t18-/m1/s1. The predicted molar refractivity (Wildman–Crippen MR) is 112 cm³/mol. The summed E-state index contributed by atoms with van der Waals surface area (Å²) in [7, 11) is 0. The van der Waals surface area contributed by atoms with Crippen LogP contribution in [0.4, 0.5) is 0 Å². The molecule has 1 atom stereocenters. The van der Waals surface area contributed by atoms with E-state index in [1.807, 2.05) is 36.4 Å². The second-order valence-corrected chi connectivity index (χ2v) is 8.87. The second-order valence-electron chi connectivity index (χ2n) is 8.87. The van der Waals surface area contributed by atoms with Crippen LogP contribution in [0.25, 0.3) is 17.2 Å². The average molecular weight is 412 g/mol. The third-order valence-electron chi connectivity index (χ3n) is 5.94. The van der Waals surface area contributed by atoms with Crippen molar-refractivity contribution in [3.63, 3.8) is 0 Å². The van der Waals surface area contributed by atoms with Crippen LogP contribution in [0, 0.1) is 5.41 Å². The van der Waals surface area contributed by atoms with Gasteiger partial charge in [0.05, 0.1) is 11.8 Å². The minimum atomic E-state index is -0.312. The smallest absolute Gasteiger partial charge is 0.228 e. The Morgan fingerprint density at radius 2 is 1.94 bits per heavy atom. The first-order valence-corrected chi connectivity index (χ1v) is 10.3. The Bertz CT molecular complexity index is 1350. The monoisotopic (exact) mass is 412 g/mol. The first-order valence-electron chi connectivity index (χ1n) is 10.3. The maximum absolute atomic E-state index is 13.3. The summed E-state index contributed by atoms with van der Waals surface area (Å²) in [5.74, 6) is 2.02. The number of rotatable bonds is 2. The van der Waals surface area contributed by atoms with Gasteiger partial charge in [-0.05, 0) is 23.1 Å². The highest BCUT2D eigenvalue weighted by Crippen LogP contribution is 2.50. The van der Waals surface area contributed by atoms with E-state index in [4.69, 9.17) is 14.1 Å². The number of furan rings is 1. The molecule has 1 aliphatic heterocycles. The largest absolute Gasteiger partial charge is 0.461 e. The number of aromatic nitrogens is 4. The van der Waals surface area contributed by atoms with Crippen LogP contribution >= 0.6 is 0 Å². The van der Waals surface area contributed by atoms with Gasteiger partial charge in [0.2, 0.25) is 11.7 Å². The average Bonchev–Trinajstić information content (AvgIpc) is 3.41. The molecule has 31 heavy (non-hydrogen) atoms. The molecule has 0 N–H and O–H groups in total. The van der Waals surface area contributed by atoms with Crippen molar-refractivity contribution >= 4 is 11.4 Å². The molecule has 2 aliphatic rings. The Hall–Kier alpha value is -3.74. The van der Waals surface area contributed by atoms with Crippen molar-refractivity contribution in [3.8, 4) is 17.5 Å². The minimum Gasteiger partial charge on any atom is -0.461 e. The fraction of sp³-hybridized carbons (Fsp3) is 0.250. The van der Waals surface area contributed by atoms with E-state index < -0.39 is 0 Å². The van der Waals surface area contributed by atoms with Gasteiger partial charge in [-0.2, -0.15) is 0 Å². The lowest BCUT2D eigenvalue weighted by molar-refractivity contribution is -0.118. The van der Waals surface area contributed by atoms with E-state index in [1.165, 1.54) is 0 Å².